The van der Waals surface area contributed by atoms with Crippen LogP contribution in [0.4, 0.5) is 14.6 Å². The van der Waals surface area contributed by atoms with Gasteiger partial charge in [0, 0.05) is 6.07 Å². The Labute approximate surface area is 202 Å². The van der Waals surface area contributed by atoms with Crippen LogP contribution in [0.5, 0.6) is 0 Å². The van der Waals surface area contributed by atoms with Gasteiger partial charge in [0.25, 0.3) is 11.8 Å². The fourth-order valence-electron chi connectivity index (χ4n) is 2.78. The van der Waals surface area contributed by atoms with Crippen LogP contribution >= 0.6 is 11.6 Å². The molecule has 35 heavy (non-hydrogen) atoms. The van der Waals surface area contributed by atoms with Crippen LogP contribution in [0.1, 0.15) is 45.1 Å². The Morgan fingerprint density at radius 3 is 2.66 bits per heavy atom. The van der Waals surface area contributed by atoms with Gasteiger partial charge in [-0.25, -0.2) is 18.6 Å². The molecule has 3 rings (SSSR count). The number of amides is 2. The van der Waals surface area contributed by atoms with Gasteiger partial charge in [0.15, 0.2) is 17.3 Å². The largest absolute Gasteiger partial charge is 0.464 e. The number of aromatic nitrogens is 3. The first-order chi connectivity index (χ1) is 16.7. The minimum absolute atomic E-state index is 0.0193. The third-order valence-corrected chi connectivity index (χ3v) is 4.72. The summed E-state index contributed by atoms with van der Waals surface area (Å²) in [6, 6.07) is 2.58. The van der Waals surface area contributed by atoms with Crippen molar-refractivity contribution < 1.29 is 37.1 Å². The number of nitrogens with zero attached hydrogens (tertiary/aromatic N) is 2. The molecule has 3 N–H and O–H groups in total. The molecule has 2 heterocycles. The molecular formula is C21H20ClF2N5O6. The van der Waals surface area contributed by atoms with Gasteiger partial charge in [-0.3, -0.25) is 14.7 Å². The SMILES string of the molecule is CCOC(=O)COCc1nc(C)c(CNC(=O)c2cc(NC(=O)c3cc(F)c(F)cc3Cl)[nH]n2)o1. The van der Waals surface area contributed by atoms with Crippen molar-refractivity contribution >= 4 is 35.2 Å². The molecule has 0 saturated heterocycles. The first kappa shape index (κ1) is 25.8. The van der Waals surface area contributed by atoms with Crippen molar-refractivity contribution in [2.75, 3.05) is 18.5 Å². The first-order valence-corrected chi connectivity index (χ1v) is 10.5. The van der Waals surface area contributed by atoms with Crippen LogP contribution in [-0.2, 0) is 27.4 Å². The van der Waals surface area contributed by atoms with Crippen LogP contribution in [0.2, 0.25) is 5.02 Å². The lowest BCUT2D eigenvalue weighted by atomic mass is 10.2. The molecule has 1 aromatic carbocycles. The summed E-state index contributed by atoms with van der Waals surface area (Å²) in [4.78, 5) is 40.1. The van der Waals surface area contributed by atoms with Gasteiger partial charge in [0.1, 0.15) is 24.8 Å². The van der Waals surface area contributed by atoms with Crippen molar-refractivity contribution in [2.24, 2.45) is 0 Å². The number of carbonyl (C=O) groups is 3. The molecular weight excluding hydrogens is 492 g/mol. The minimum Gasteiger partial charge on any atom is -0.464 e. The summed E-state index contributed by atoms with van der Waals surface area (Å²) in [6.45, 7) is 3.28. The quantitative estimate of drug-likeness (QED) is 0.278. The summed E-state index contributed by atoms with van der Waals surface area (Å²) in [5.74, 6) is -3.75. The second-order valence-electron chi connectivity index (χ2n) is 6.96. The van der Waals surface area contributed by atoms with Gasteiger partial charge in [-0.2, -0.15) is 5.10 Å². The van der Waals surface area contributed by atoms with Crippen LogP contribution in [0.15, 0.2) is 22.6 Å². The second-order valence-corrected chi connectivity index (χ2v) is 7.37. The van der Waals surface area contributed by atoms with Crippen LogP contribution in [0.3, 0.4) is 0 Å². The highest BCUT2D eigenvalue weighted by Crippen LogP contribution is 2.21. The van der Waals surface area contributed by atoms with Crippen LogP contribution in [0.25, 0.3) is 0 Å². The fraction of sp³-hybridized carbons (Fsp3) is 0.286. The second kappa shape index (κ2) is 11.5. The molecule has 14 heteroatoms. The Kier molecular flexibility index (Phi) is 8.49. The first-order valence-electron chi connectivity index (χ1n) is 10.2. The van der Waals surface area contributed by atoms with Crippen molar-refractivity contribution in [3.05, 3.63) is 63.5 Å². The predicted molar refractivity (Wildman–Crippen MR) is 117 cm³/mol. The monoisotopic (exact) mass is 511 g/mol. The highest BCUT2D eigenvalue weighted by molar-refractivity contribution is 6.34. The highest BCUT2D eigenvalue weighted by atomic mass is 35.5. The lowest BCUT2D eigenvalue weighted by Gasteiger charge is -2.05. The number of hydrogen-bond donors (Lipinski definition) is 3. The molecule has 11 nitrogen and oxygen atoms in total. The number of rotatable bonds is 10. The number of carbonyl (C=O) groups excluding carboxylic acids is 3. The number of H-pyrrole nitrogens is 1. The molecule has 3 aromatic rings. The zero-order valence-electron chi connectivity index (χ0n) is 18.5. The van der Waals surface area contributed by atoms with Crippen molar-refractivity contribution in [2.45, 2.75) is 27.0 Å². The third kappa shape index (κ3) is 6.83. The van der Waals surface area contributed by atoms with Crippen molar-refractivity contribution in [3.63, 3.8) is 0 Å². The molecule has 0 radical (unpaired) electrons. The van der Waals surface area contributed by atoms with E-state index in [2.05, 4.69) is 25.8 Å². The lowest BCUT2D eigenvalue weighted by molar-refractivity contribution is -0.149. The Balaban J connectivity index is 1.53. The predicted octanol–water partition coefficient (Wildman–Crippen LogP) is 2.90. The van der Waals surface area contributed by atoms with E-state index in [-0.39, 0.29) is 54.4 Å². The number of aromatic amines is 1. The van der Waals surface area contributed by atoms with E-state index in [0.29, 0.717) is 23.6 Å². The molecule has 0 unspecified atom stereocenters. The molecule has 2 aromatic heterocycles. The fourth-order valence-corrected chi connectivity index (χ4v) is 3.01. The maximum absolute atomic E-state index is 13.4. The standard InChI is InChI=1S/C21H20ClF2N5O6/c1-3-34-19(30)9-33-8-18-26-10(2)16(35-18)7-25-21(32)15-6-17(29-28-15)27-20(31)11-4-13(23)14(24)5-12(11)22/h4-6H,3,7-9H2,1-2H3,(H,25,32)(H2,27,28,29,31). The number of ether oxygens (including phenoxy) is 2. The average Bonchev–Trinajstić information content (AvgIpc) is 3.41. The lowest BCUT2D eigenvalue weighted by Crippen LogP contribution is -2.23. The molecule has 0 spiro atoms. The van der Waals surface area contributed by atoms with Gasteiger partial charge in [-0.15, -0.1) is 0 Å². The Bertz CT molecular complexity index is 1250. The number of oxazole rings is 1. The number of esters is 1. The van der Waals surface area contributed by atoms with E-state index in [1.54, 1.807) is 13.8 Å². The minimum atomic E-state index is -1.24. The highest BCUT2D eigenvalue weighted by Gasteiger charge is 2.18. The molecule has 0 atom stereocenters. The summed E-state index contributed by atoms with van der Waals surface area (Å²) >= 11 is 5.79. The topological polar surface area (TPSA) is 148 Å². The number of hydrogen-bond acceptors (Lipinski definition) is 8. The van der Waals surface area contributed by atoms with E-state index >= 15 is 0 Å². The van der Waals surface area contributed by atoms with Gasteiger partial charge in [0.05, 0.1) is 29.4 Å². The van der Waals surface area contributed by atoms with Crippen molar-refractivity contribution in [3.8, 4) is 0 Å². The maximum Gasteiger partial charge on any atom is 0.332 e. The van der Waals surface area contributed by atoms with E-state index in [4.69, 9.17) is 25.5 Å². The number of anilines is 1. The van der Waals surface area contributed by atoms with Gasteiger partial charge in [-0.1, -0.05) is 11.6 Å². The number of benzene rings is 1. The molecule has 186 valence electrons. The van der Waals surface area contributed by atoms with Gasteiger partial charge in [-0.05, 0) is 26.0 Å². The Morgan fingerprint density at radius 1 is 1.17 bits per heavy atom. The van der Waals surface area contributed by atoms with E-state index < -0.39 is 29.4 Å². The van der Waals surface area contributed by atoms with Crippen LogP contribution < -0.4 is 10.6 Å². The summed E-state index contributed by atoms with van der Waals surface area (Å²) in [5.41, 5.74) is 0.152. The Morgan fingerprint density at radius 2 is 1.91 bits per heavy atom. The molecule has 0 aliphatic heterocycles. The Hall–Kier alpha value is -3.84. The van der Waals surface area contributed by atoms with Gasteiger partial charge in [0.2, 0.25) is 5.89 Å². The zero-order valence-corrected chi connectivity index (χ0v) is 19.3. The molecule has 2 amide bonds. The molecule has 0 aliphatic carbocycles. The molecule has 0 bridgehead atoms. The summed E-state index contributed by atoms with van der Waals surface area (Å²) < 4.78 is 42.0. The van der Waals surface area contributed by atoms with E-state index in [0.717, 1.165) is 0 Å². The van der Waals surface area contributed by atoms with E-state index in [1.165, 1.54) is 6.07 Å². The summed E-state index contributed by atoms with van der Waals surface area (Å²) in [5, 5.41) is 10.9. The number of aryl methyl sites for hydroxylation is 1. The van der Waals surface area contributed by atoms with Gasteiger partial charge < -0.3 is 24.5 Å². The van der Waals surface area contributed by atoms with Gasteiger partial charge >= 0.3 is 5.97 Å². The van der Waals surface area contributed by atoms with Crippen molar-refractivity contribution in [1.29, 1.82) is 0 Å². The van der Waals surface area contributed by atoms with Crippen molar-refractivity contribution in [1.82, 2.24) is 20.5 Å². The maximum atomic E-state index is 13.4. The molecule has 0 saturated carbocycles. The third-order valence-electron chi connectivity index (χ3n) is 4.41. The normalized spacial score (nSPS) is 10.8. The van der Waals surface area contributed by atoms with Crippen LogP contribution in [-0.4, -0.2) is 46.2 Å². The zero-order chi connectivity index (χ0) is 25.5. The number of nitrogens with one attached hydrogen (secondary N) is 3. The van der Waals surface area contributed by atoms with E-state index in [1.807, 2.05) is 0 Å². The smallest absolute Gasteiger partial charge is 0.332 e. The summed E-state index contributed by atoms with van der Waals surface area (Å²) in [6.07, 6.45) is 0. The number of halogens is 3. The molecule has 0 fully saturated rings. The van der Waals surface area contributed by atoms with Crippen LogP contribution in [0, 0.1) is 18.6 Å². The summed E-state index contributed by atoms with van der Waals surface area (Å²) in [7, 11) is 0. The molecule has 0 aliphatic rings. The van der Waals surface area contributed by atoms with E-state index in [9.17, 15) is 23.2 Å². The average molecular weight is 512 g/mol.